The summed E-state index contributed by atoms with van der Waals surface area (Å²) in [5, 5.41) is 10.4. The van der Waals surface area contributed by atoms with Gasteiger partial charge in [0.1, 0.15) is 7.05 Å². The number of fused-ring (bicyclic) bond motifs is 1. The van der Waals surface area contributed by atoms with Gasteiger partial charge in [0.05, 0.1) is 10.9 Å². The van der Waals surface area contributed by atoms with Crippen molar-refractivity contribution in [3.8, 4) is 17.3 Å². The number of rotatable bonds is 2. The van der Waals surface area contributed by atoms with E-state index in [1.165, 1.54) is 16.7 Å². The molecule has 1 heterocycles. The Morgan fingerprint density at radius 2 is 1.84 bits per heavy atom. The van der Waals surface area contributed by atoms with E-state index in [4.69, 9.17) is 6.57 Å². The number of hydrogen-bond donors (Lipinski definition) is 0. The molecule has 122 valence electrons. The maximum absolute atomic E-state index is 9.44. The van der Waals surface area contributed by atoms with Crippen molar-refractivity contribution in [3.05, 3.63) is 76.1 Å². The molecule has 3 heteroatoms. The van der Waals surface area contributed by atoms with E-state index in [0.717, 1.165) is 27.7 Å². The van der Waals surface area contributed by atoms with Crippen molar-refractivity contribution in [2.45, 2.75) is 26.8 Å². The molecule has 1 unspecified atom stereocenters. The van der Waals surface area contributed by atoms with E-state index in [2.05, 4.69) is 48.4 Å². The van der Waals surface area contributed by atoms with Crippen LogP contribution in [0.3, 0.4) is 0 Å². The average molecular weight is 326 g/mol. The van der Waals surface area contributed by atoms with E-state index in [1.807, 2.05) is 37.4 Å². The third-order valence-corrected chi connectivity index (χ3v) is 4.86. The minimum atomic E-state index is -0.795. The third-order valence-electron chi connectivity index (χ3n) is 4.86. The Morgan fingerprint density at radius 3 is 2.52 bits per heavy atom. The van der Waals surface area contributed by atoms with Gasteiger partial charge in [0, 0.05) is 17.7 Å². The van der Waals surface area contributed by atoms with Crippen molar-refractivity contribution in [1.29, 1.82) is 5.26 Å². The second-order valence-electron chi connectivity index (χ2n) is 6.48. The highest BCUT2D eigenvalue weighted by Gasteiger charge is 2.26. The first-order chi connectivity index (χ1) is 12.0. The first kappa shape index (κ1) is 16.7. The number of hydrogen-bond acceptors (Lipinski definition) is 1. The average Bonchev–Trinajstić information content (AvgIpc) is 2.61. The van der Waals surface area contributed by atoms with Crippen molar-refractivity contribution in [3.63, 3.8) is 0 Å². The van der Waals surface area contributed by atoms with Crippen LogP contribution in [0.1, 0.15) is 28.3 Å². The molecule has 0 spiro atoms. The van der Waals surface area contributed by atoms with Crippen LogP contribution in [-0.4, -0.2) is 0 Å². The molecule has 0 aliphatic rings. The van der Waals surface area contributed by atoms with E-state index < -0.39 is 6.04 Å². The predicted octanol–water partition coefficient (Wildman–Crippen LogP) is 4.74. The molecule has 2 aromatic carbocycles. The molecule has 25 heavy (non-hydrogen) atoms. The number of nitrogens with zero attached hydrogens (tertiary/aromatic N) is 3. The van der Waals surface area contributed by atoms with Crippen LogP contribution in [0.15, 0.2) is 42.5 Å². The largest absolute Gasteiger partial charge is 0.333 e. The number of para-hydroxylation sites is 1. The minimum absolute atomic E-state index is 0.778. The van der Waals surface area contributed by atoms with Crippen molar-refractivity contribution < 1.29 is 4.57 Å². The highest BCUT2D eigenvalue weighted by atomic mass is 14.9. The normalized spacial score (nSPS) is 11.8. The fourth-order valence-corrected chi connectivity index (χ4v) is 3.42. The predicted molar refractivity (Wildman–Crippen MR) is 99.7 cm³/mol. The molecule has 1 aromatic heterocycles. The molecule has 0 N–H and O–H groups in total. The summed E-state index contributed by atoms with van der Waals surface area (Å²) in [7, 11) is 2.04. The molecule has 0 amide bonds. The number of aromatic nitrogens is 1. The molecule has 1 atom stereocenters. The summed E-state index contributed by atoms with van der Waals surface area (Å²) in [6.45, 7) is 13.7. The lowest BCUT2D eigenvalue weighted by atomic mass is 9.94. The van der Waals surface area contributed by atoms with Gasteiger partial charge in [-0.25, -0.2) is 6.57 Å². The lowest BCUT2D eigenvalue weighted by Crippen LogP contribution is -2.33. The van der Waals surface area contributed by atoms with Gasteiger partial charge in [-0.1, -0.05) is 23.8 Å². The van der Waals surface area contributed by atoms with Crippen LogP contribution in [-0.2, 0) is 7.05 Å². The Balaban J connectivity index is 2.44. The molecule has 0 bridgehead atoms. The minimum Gasteiger partial charge on any atom is -0.292 e. The lowest BCUT2D eigenvalue weighted by Gasteiger charge is -2.12. The zero-order valence-corrected chi connectivity index (χ0v) is 15.0. The molecule has 3 rings (SSSR count). The van der Waals surface area contributed by atoms with Gasteiger partial charge in [-0.3, -0.25) is 4.85 Å². The summed E-state index contributed by atoms with van der Waals surface area (Å²) in [4.78, 5) is 3.53. The first-order valence-corrected chi connectivity index (χ1v) is 8.24. The number of benzene rings is 2. The van der Waals surface area contributed by atoms with E-state index >= 15 is 0 Å². The Bertz CT molecular complexity index is 1050. The molecule has 0 aliphatic heterocycles. The van der Waals surface area contributed by atoms with Crippen molar-refractivity contribution >= 4 is 10.9 Å². The maximum Gasteiger partial charge on any atom is 0.333 e. The fourth-order valence-electron chi connectivity index (χ4n) is 3.42. The molecule has 0 saturated carbocycles. The van der Waals surface area contributed by atoms with Gasteiger partial charge >= 0.3 is 6.04 Å². The van der Waals surface area contributed by atoms with Crippen LogP contribution in [0.25, 0.3) is 27.0 Å². The summed E-state index contributed by atoms with van der Waals surface area (Å²) >= 11 is 0. The van der Waals surface area contributed by atoms with Crippen LogP contribution in [0.5, 0.6) is 0 Å². The second-order valence-corrected chi connectivity index (χ2v) is 6.48. The van der Waals surface area contributed by atoms with E-state index in [0.29, 0.717) is 0 Å². The van der Waals surface area contributed by atoms with E-state index in [9.17, 15) is 5.26 Å². The highest BCUT2D eigenvalue weighted by molar-refractivity contribution is 5.83. The summed E-state index contributed by atoms with van der Waals surface area (Å²) in [5.41, 5.74) is 7.65. The van der Waals surface area contributed by atoms with Gasteiger partial charge in [0.15, 0.2) is 6.07 Å². The van der Waals surface area contributed by atoms with Gasteiger partial charge < -0.3 is 0 Å². The highest BCUT2D eigenvalue weighted by Crippen LogP contribution is 2.31. The Labute approximate surface area is 148 Å². The second kappa shape index (κ2) is 6.38. The molecule has 0 aliphatic carbocycles. The molecule has 0 radical (unpaired) electrons. The Hall–Kier alpha value is -3.17. The molecule has 3 aromatic rings. The molecular formula is C22H20N3+. The lowest BCUT2D eigenvalue weighted by molar-refractivity contribution is -0.633. The number of aryl methyl sites for hydroxylation is 3. The Morgan fingerprint density at radius 1 is 1.12 bits per heavy atom. The smallest absolute Gasteiger partial charge is 0.292 e. The van der Waals surface area contributed by atoms with Crippen LogP contribution in [0, 0.1) is 38.7 Å². The zero-order chi connectivity index (χ0) is 18.1. The molecular weight excluding hydrogens is 306 g/mol. The van der Waals surface area contributed by atoms with Crippen molar-refractivity contribution in [1.82, 2.24) is 0 Å². The number of nitriles is 1. The monoisotopic (exact) mass is 326 g/mol. The van der Waals surface area contributed by atoms with Crippen LogP contribution >= 0.6 is 0 Å². The van der Waals surface area contributed by atoms with Crippen LogP contribution < -0.4 is 4.57 Å². The Kier molecular flexibility index (Phi) is 4.26. The van der Waals surface area contributed by atoms with Gasteiger partial charge in [-0.05, 0) is 44.0 Å². The topological polar surface area (TPSA) is 32.0 Å². The van der Waals surface area contributed by atoms with E-state index in [-0.39, 0.29) is 0 Å². The molecule has 0 fully saturated rings. The summed E-state index contributed by atoms with van der Waals surface area (Å²) in [6, 6.07) is 15.7. The standard InChI is InChI=1S/C22H20N3/c1-14-10-15(2)16(3)18(11-14)22-12-19(20(13-23)24-4)17-8-6-7-9-21(17)25(22)5/h6-12,20H,1-3,5H3/q+1. The third kappa shape index (κ3) is 2.75. The van der Waals surface area contributed by atoms with Gasteiger partial charge in [-0.15, -0.1) is 0 Å². The van der Waals surface area contributed by atoms with E-state index in [1.54, 1.807) is 0 Å². The van der Waals surface area contributed by atoms with Crippen molar-refractivity contribution in [2.24, 2.45) is 7.05 Å². The van der Waals surface area contributed by atoms with Gasteiger partial charge in [-0.2, -0.15) is 9.83 Å². The van der Waals surface area contributed by atoms with Gasteiger partial charge in [0.25, 0.3) is 0 Å². The van der Waals surface area contributed by atoms with Crippen LogP contribution in [0.2, 0.25) is 0 Å². The summed E-state index contributed by atoms with van der Waals surface area (Å²) < 4.78 is 2.15. The summed E-state index contributed by atoms with van der Waals surface area (Å²) in [6.07, 6.45) is 0. The number of pyridine rings is 1. The zero-order valence-electron chi connectivity index (χ0n) is 15.0. The van der Waals surface area contributed by atoms with Crippen molar-refractivity contribution in [2.75, 3.05) is 0 Å². The molecule has 0 saturated heterocycles. The van der Waals surface area contributed by atoms with Gasteiger partial charge in [0.2, 0.25) is 11.2 Å². The fraction of sp³-hybridized carbons (Fsp3) is 0.227. The SMILES string of the molecule is [C-]#[N+]C(C#N)c1cc(-c2cc(C)cc(C)c2C)[n+](C)c2ccccc12. The van der Waals surface area contributed by atoms with Crippen LogP contribution in [0.4, 0.5) is 0 Å². The quantitative estimate of drug-likeness (QED) is 0.494. The first-order valence-electron chi connectivity index (χ1n) is 8.24. The summed E-state index contributed by atoms with van der Waals surface area (Å²) in [5.74, 6) is 0. The molecule has 3 nitrogen and oxygen atoms in total. The maximum atomic E-state index is 9.44.